The lowest BCUT2D eigenvalue weighted by molar-refractivity contribution is -0.137. The summed E-state index contributed by atoms with van der Waals surface area (Å²) in [5, 5.41) is 2.93. The third-order valence-corrected chi connectivity index (χ3v) is 3.32. The number of halogens is 5. The summed E-state index contributed by atoms with van der Waals surface area (Å²) in [6, 6.07) is 8.76. The maximum absolute atomic E-state index is 13.3. The molecule has 2 aromatic rings. The molecular weight excluding hydrogens is 306 g/mol. The van der Waals surface area contributed by atoms with E-state index in [9.17, 15) is 17.6 Å². The fraction of sp³-hybridized carbons (Fsp3) is 0.200. The van der Waals surface area contributed by atoms with Crippen LogP contribution in [0.4, 0.5) is 23.2 Å². The van der Waals surface area contributed by atoms with E-state index in [1.165, 1.54) is 18.2 Å². The molecule has 21 heavy (non-hydrogen) atoms. The summed E-state index contributed by atoms with van der Waals surface area (Å²) in [6.45, 7) is 1.70. The van der Waals surface area contributed by atoms with Crippen molar-refractivity contribution in [3.05, 3.63) is 64.4 Å². The predicted molar refractivity (Wildman–Crippen MR) is 74.9 cm³/mol. The fourth-order valence-corrected chi connectivity index (χ4v) is 2.02. The van der Waals surface area contributed by atoms with Gasteiger partial charge in [0.25, 0.3) is 0 Å². The van der Waals surface area contributed by atoms with Crippen molar-refractivity contribution >= 4 is 17.3 Å². The van der Waals surface area contributed by atoms with Crippen LogP contribution in [-0.2, 0) is 6.18 Å². The first-order chi connectivity index (χ1) is 9.77. The van der Waals surface area contributed by atoms with Gasteiger partial charge in [0.1, 0.15) is 5.82 Å². The number of nitrogens with one attached hydrogen (secondary N) is 1. The number of rotatable bonds is 3. The first kappa shape index (κ1) is 15.6. The van der Waals surface area contributed by atoms with Crippen molar-refractivity contribution in [2.24, 2.45) is 0 Å². The van der Waals surface area contributed by atoms with E-state index in [1.807, 2.05) is 0 Å². The summed E-state index contributed by atoms with van der Waals surface area (Å²) in [6.07, 6.45) is -4.39. The molecule has 2 aromatic carbocycles. The highest BCUT2D eigenvalue weighted by molar-refractivity contribution is 6.30. The van der Waals surface area contributed by atoms with E-state index in [1.54, 1.807) is 19.1 Å². The molecule has 0 aromatic heterocycles. The van der Waals surface area contributed by atoms with Crippen LogP contribution in [0.3, 0.4) is 0 Å². The Morgan fingerprint density at radius 1 is 1.10 bits per heavy atom. The van der Waals surface area contributed by atoms with Crippen molar-refractivity contribution < 1.29 is 17.6 Å². The molecule has 0 saturated carbocycles. The topological polar surface area (TPSA) is 12.0 Å². The van der Waals surface area contributed by atoms with Gasteiger partial charge in [-0.15, -0.1) is 0 Å². The first-order valence-corrected chi connectivity index (χ1v) is 6.54. The van der Waals surface area contributed by atoms with Crippen molar-refractivity contribution in [3.63, 3.8) is 0 Å². The maximum atomic E-state index is 13.3. The second-order valence-corrected chi connectivity index (χ2v) is 5.03. The zero-order valence-corrected chi connectivity index (χ0v) is 11.8. The van der Waals surface area contributed by atoms with Crippen molar-refractivity contribution in [2.75, 3.05) is 5.32 Å². The molecular formula is C15H12ClF4N. The van der Waals surface area contributed by atoms with Crippen molar-refractivity contribution in [1.29, 1.82) is 0 Å². The molecule has 0 saturated heterocycles. The number of anilines is 1. The Hall–Kier alpha value is -1.75. The molecule has 0 spiro atoms. The Morgan fingerprint density at radius 2 is 1.81 bits per heavy atom. The van der Waals surface area contributed by atoms with Crippen LogP contribution in [0.25, 0.3) is 0 Å². The predicted octanol–water partition coefficient (Wildman–Crippen LogP) is 5.67. The van der Waals surface area contributed by atoms with E-state index in [4.69, 9.17) is 11.6 Å². The highest BCUT2D eigenvalue weighted by Gasteiger charge is 2.30. The van der Waals surface area contributed by atoms with E-state index in [0.29, 0.717) is 11.3 Å². The molecule has 1 nitrogen and oxygen atoms in total. The second kappa shape index (κ2) is 5.93. The molecule has 0 bridgehead atoms. The highest BCUT2D eigenvalue weighted by atomic mass is 35.5. The largest absolute Gasteiger partial charge is 0.416 e. The van der Waals surface area contributed by atoms with Crippen LogP contribution >= 0.6 is 11.6 Å². The van der Waals surface area contributed by atoms with Gasteiger partial charge in [-0.3, -0.25) is 0 Å². The SMILES string of the molecule is CC(Nc1ccc(Cl)c(F)c1)c1cccc(C(F)(F)F)c1. The van der Waals surface area contributed by atoms with Gasteiger partial charge >= 0.3 is 6.18 Å². The van der Waals surface area contributed by atoms with Crippen LogP contribution in [0.2, 0.25) is 5.02 Å². The Morgan fingerprint density at radius 3 is 2.43 bits per heavy atom. The van der Waals surface area contributed by atoms with Gasteiger partial charge in [-0.05, 0) is 42.8 Å². The molecule has 0 aliphatic rings. The van der Waals surface area contributed by atoms with E-state index < -0.39 is 23.6 Å². The van der Waals surface area contributed by atoms with E-state index in [0.717, 1.165) is 12.1 Å². The smallest absolute Gasteiger partial charge is 0.378 e. The molecule has 0 radical (unpaired) electrons. The van der Waals surface area contributed by atoms with Gasteiger partial charge in [0, 0.05) is 11.7 Å². The standard InChI is InChI=1S/C15H12ClF4N/c1-9(21-12-5-6-13(16)14(17)8-12)10-3-2-4-11(7-10)15(18,19)20/h2-9,21H,1H3. The first-order valence-electron chi connectivity index (χ1n) is 6.16. The summed E-state index contributed by atoms with van der Waals surface area (Å²) in [4.78, 5) is 0. The Bertz CT molecular complexity index is 640. The quantitative estimate of drug-likeness (QED) is 0.719. The monoisotopic (exact) mass is 317 g/mol. The lowest BCUT2D eigenvalue weighted by Crippen LogP contribution is -2.10. The summed E-state index contributed by atoms with van der Waals surface area (Å²) in [5.74, 6) is -0.585. The van der Waals surface area contributed by atoms with Gasteiger partial charge in [-0.25, -0.2) is 4.39 Å². The summed E-state index contributed by atoms with van der Waals surface area (Å²) in [7, 11) is 0. The Balaban J connectivity index is 2.20. The molecule has 6 heteroatoms. The maximum Gasteiger partial charge on any atom is 0.416 e. The molecule has 0 heterocycles. The Kier molecular flexibility index (Phi) is 4.42. The van der Waals surface area contributed by atoms with Gasteiger partial charge in [-0.2, -0.15) is 13.2 Å². The van der Waals surface area contributed by atoms with Gasteiger partial charge in [0.05, 0.1) is 10.6 Å². The molecule has 1 N–H and O–H groups in total. The zero-order chi connectivity index (χ0) is 15.6. The van der Waals surface area contributed by atoms with Crippen LogP contribution in [0.15, 0.2) is 42.5 Å². The highest BCUT2D eigenvalue weighted by Crippen LogP contribution is 2.31. The summed E-state index contributed by atoms with van der Waals surface area (Å²) >= 11 is 5.58. The van der Waals surface area contributed by atoms with Crippen LogP contribution in [0.1, 0.15) is 24.1 Å². The van der Waals surface area contributed by atoms with E-state index in [2.05, 4.69) is 5.32 Å². The molecule has 0 fully saturated rings. The zero-order valence-electron chi connectivity index (χ0n) is 11.0. The number of hydrogen-bond acceptors (Lipinski definition) is 1. The van der Waals surface area contributed by atoms with E-state index >= 15 is 0 Å². The summed E-state index contributed by atoms with van der Waals surface area (Å²) in [5.41, 5.74) is 0.193. The minimum absolute atomic E-state index is 0.00716. The Labute approximate surface area is 124 Å². The van der Waals surface area contributed by atoms with Crippen LogP contribution < -0.4 is 5.32 Å². The van der Waals surface area contributed by atoms with Crippen LogP contribution in [-0.4, -0.2) is 0 Å². The van der Waals surface area contributed by atoms with Gasteiger partial charge < -0.3 is 5.32 Å². The molecule has 1 atom stereocenters. The third-order valence-electron chi connectivity index (χ3n) is 3.02. The molecule has 2 rings (SSSR count). The molecule has 0 amide bonds. The fourth-order valence-electron chi connectivity index (χ4n) is 1.90. The average Bonchev–Trinajstić information content (AvgIpc) is 2.42. The lowest BCUT2D eigenvalue weighted by Gasteiger charge is -2.17. The van der Waals surface area contributed by atoms with Crippen molar-refractivity contribution in [1.82, 2.24) is 0 Å². The van der Waals surface area contributed by atoms with Crippen molar-refractivity contribution in [2.45, 2.75) is 19.1 Å². The minimum Gasteiger partial charge on any atom is -0.378 e. The van der Waals surface area contributed by atoms with Gasteiger partial charge in [0.15, 0.2) is 0 Å². The van der Waals surface area contributed by atoms with Gasteiger partial charge in [-0.1, -0.05) is 23.7 Å². The second-order valence-electron chi connectivity index (χ2n) is 4.62. The number of hydrogen-bond donors (Lipinski definition) is 1. The average molecular weight is 318 g/mol. The van der Waals surface area contributed by atoms with E-state index in [-0.39, 0.29) is 5.02 Å². The minimum atomic E-state index is -4.39. The number of alkyl halides is 3. The van der Waals surface area contributed by atoms with Crippen LogP contribution in [0, 0.1) is 5.82 Å². The molecule has 0 aliphatic heterocycles. The molecule has 112 valence electrons. The molecule has 1 unspecified atom stereocenters. The molecule has 0 aliphatic carbocycles. The number of benzene rings is 2. The van der Waals surface area contributed by atoms with Gasteiger partial charge in [0.2, 0.25) is 0 Å². The van der Waals surface area contributed by atoms with Crippen molar-refractivity contribution in [3.8, 4) is 0 Å². The summed E-state index contributed by atoms with van der Waals surface area (Å²) < 4.78 is 51.3. The lowest BCUT2D eigenvalue weighted by atomic mass is 10.0. The normalized spacial score (nSPS) is 13.0. The third kappa shape index (κ3) is 3.88. The van der Waals surface area contributed by atoms with Crippen LogP contribution in [0.5, 0.6) is 0 Å².